The second-order valence-corrected chi connectivity index (χ2v) is 2.19. The molecule has 0 spiro atoms. The van der Waals surface area contributed by atoms with E-state index in [0.29, 0.717) is 5.69 Å². The van der Waals surface area contributed by atoms with Gasteiger partial charge in [-0.1, -0.05) is 0 Å². The van der Waals surface area contributed by atoms with E-state index in [9.17, 15) is 0 Å². The fourth-order valence-corrected chi connectivity index (χ4v) is 0.766. The zero-order valence-corrected chi connectivity index (χ0v) is 6.01. The Morgan fingerprint density at radius 2 is 2.00 bits per heavy atom. The molecule has 60 valence electrons. The molecule has 1 heterocycles. The first-order valence-electron chi connectivity index (χ1n) is 3.36. The monoisotopic (exact) mass is 154 g/mol. The molecule has 2 N–H and O–H groups in total. The quantitative estimate of drug-likeness (QED) is 0.618. The van der Waals surface area contributed by atoms with Crippen LogP contribution in [0.3, 0.4) is 0 Å². The molecule has 0 fully saturated rings. The van der Waals surface area contributed by atoms with Gasteiger partial charge in [-0.15, -0.1) is 0 Å². The van der Waals surface area contributed by atoms with Gasteiger partial charge in [0.25, 0.3) is 0 Å². The van der Waals surface area contributed by atoms with Gasteiger partial charge in [-0.3, -0.25) is 9.97 Å². The summed E-state index contributed by atoms with van der Waals surface area (Å²) in [4.78, 5) is 7.76. The lowest BCUT2D eigenvalue weighted by Gasteiger charge is -2.07. The maximum absolute atomic E-state index is 8.75. The first-order valence-corrected chi connectivity index (χ1v) is 3.36. The van der Waals surface area contributed by atoms with Gasteiger partial charge in [-0.2, -0.15) is 0 Å². The minimum absolute atomic E-state index is 0.102. The standard InChI is InChI=1S/C7H10N2O2/c10-4-6(5-11)7-3-8-1-2-9-7/h1-3,6,10-11H,4-5H2. The maximum Gasteiger partial charge on any atom is 0.0663 e. The summed E-state index contributed by atoms with van der Waals surface area (Å²) in [6, 6.07) is 0. The van der Waals surface area contributed by atoms with E-state index in [1.165, 1.54) is 12.4 Å². The van der Waals surface area contributed by atoms with Crippen molar-refractivity contribution < 1.29 is 10.2 Å². The molecule has 0 bridgehead atoms. The third kappa shape index (κ3) is 1.96. The van der Waals surface area contributed by atoms with Gasteiger partial charge in [0, 0.05) is 24.5 Å². The lowest BCUT2D eigenvalue weighted by atomic mass is 10.1. The lowest BCUT2D eigenvalue weighted by Crippen LogP contribution is -2.10. The van der Waals surface area contributed by atoms with Crippen LogP contribution in [0.1, 0.15) is 11.6 Å². The third-order valence-electron chi connectivity index (χ3n) is 1.44. The van der Waals surface area contributed by atoms with Crippen LogP contribution < -0.4 is 0 Å². The summed E-state index contributed by atoms with van der Waals surface area (Å²) in [6.07, 6.45) is 4.63. The van der Waals surface area contributed by atoms with E-state index in [1.807, 2.05) is 0 Å². The number of aromatic nitrogens is 2. The number of hydrogen-bond donors (Lipinski definition) is 2. The van der Waals surface area contributed by atoms with E-state index >= 15 is 0 Å². The van der Waals surface area contributed by atoms with Crippen LogP contribution in [0, 0.1) is 0 Å². The van der Waals surface area contributed by atoms with Gasteiger partial charge in [0.1, 0.15) is 0 Å². The van der Waals surface area contributed by atoms with Crippen molar-refractivity contribution in [3.8, 4) is 0 Å². The molecule has 0 amide bonds. The van der Waals surface area contributed by atoms with Gasteiger partial charge < -0.3 is 10.2 Å². The fourth-order valence-electron chi connectivity index (χ4n) is 0.766. The van der Waals surface area contributed by atoms with Crippen LogP contribution in [0.25, 0.3) is 0 Å². The molecule has 11 heavy (non-hydrogen) atoms. The van der Waals surface area contributed by atoms with Crippen molar-refractivity contribution in [2.24, 2.45) is 0 Å². The summed E-state index contributed by atoms with van der Waals surface area (Å²) in [5, 5.41) is 17.5. The molecule has 0 aliphatic rings. The van der Waals surface area contributed by atoms with Gasteiger partial charge in [-0.25, -0.2) is 0 Å². The molecule has 1 aromatic heterocycles. The molecule has 0 radical (unpaired) electrons. The predicted octanol–water partition coefficient (Wildman–Crippen LogP) is -0.455. The number of aliphatic hydroxyl groups is 2. The molecule has 0 aliphatic carbocycles. The van der Waals surface area contributed by atoms with Gasteiger partial charge in [0.15, 0.2) is 0 Å². The van der Waals surface area contributed by atoms with Crippen LogP contribution in [0.4, 0.5) is 0 Å². The molecule has 0 unspecified atom stereocenters. The average Bonchev–Trinajstić information content (AvgIpc) is 2.09. The van der Waals surface area contributed by atoms with Crippen molar-refractivity contribution in [1.82, 2.24) is 9.97 Å². The molecule has 0 atom stereocenters. The molecule has 0 aromatic carbocycles. The van der Waals surface area contributed by atoms with Crippen molar-refractivity contribution in [3.05, 3.63) is 24.3 Å². The molecule has 0 aliphatic heterocycles. The van der Waals surface area contributed by atoms with Crippen LogP contribution in [-0.2, 0) is 0 Å². The Kier molecular flexibility index (Phi) is 2.95. The van der Waals surface area contributed by atoms with Crippen molar-refractivity contribution >= 4 is 0 Å². The van der Waals surface area contributed by atoms with E-state index in [-0.39, 0.29) is 19.1 Å². The molecule has 4 nitrogen and oxygen atoms in total. The fraction of sp³-hybridized carbons (Fsp3) is 0.429. The molecular weight excluding hydrogens is 144 g/mol. The van der Waals surface area contributed by atoms with E-state index in [0.717, 1.165) is 0 Å². The minimum Gasteiger partial charge on any atom is -0.396 e. The number of rotatable bonds is 3. The first-order chi connectivity index (χ1) is 5.38. The smallest absolute Gasteiger partial charge is 0.0663 e. The van der Waals surface area contributed by atoms with E-state index in [1.54, 1.807) is 6.20 Å². The Balaban J connectivity index is 2.74. The van der Waals surface area contributed by atoms with Crippen LogP contribution in [0.5, 0.6) is 0 Å². The van der Waals surface area contributed by atoms with Crippen LogP contribution in [-0.4, -0.2) is 33.4 Å². The highest BCUT2D eigenvalue weighted by Crippen LogP contribution is 2.08. The molecule has 4 heteroatoms. The zero-order chi connectivity index (χ0) is 8.10. The second kappa shape index (κ2) is 4.00. The Bertz CT molecular complexity index is 199. The van der Waals surface area contributed by atoms with Crippen LogP contribution >= 0.6 is 0 Å². The normalized spacial score (nSPS) is 10.5. The number of hydrogen-bond acceptors (Lipinski definition) is 4. The highest BCUT2D eigenvalue weighted by Gasteiger charge is 2.09. The van der Waals surface area contributed by atoms with Gasteiger partial charge >= 0.3 is 0 Å². The summed E-state index contributed by atoms with van der Waals surface area (Å²) in [5.74, 6) is -0.302. The maximum atomic E-state index is 8.75. The Morgan fingerprint density at radius 3 is 2.45 bits per heavy atom. The Morgan fingerprint density at radius 1 is 1.27 bits per heavy atom. The van der Waals surface area contributed by atoms with Gasteiger partial charge in [0.2, 0.25) is 0 Å². The number of aliphatic hydroxyl groups excluding tert-OH is 2. The topological polar surface area (TPSA) is 66.2 Å². The van der Waals surface area contributed by atoms with Gasteiger partial charge in [0.05, 0.1) is 18.9 Å². The first kappa shape index (κ1) is 8.10. The predicted molar refractivity (Wildman–Crippen MR) is 38.9 cm³/mol. The second-order valence-electron chi connectivity index (χ2n) is 2.19. The van der Waals surface area contributed by atoms with E-state index < -0.39 is 0 Å². The van der Waals surface area contributed by atoms with Crippen molar-refractivity contribution in [3.63, 3.8) is 0 Å². The minimum atomic E-state index is -0.302. The largest absolute Gasteiger partial charge is 0.396 e. The van der Waals surface area contributed by atoms with Crippen LogP contribution in [0.15, 0.2) is 18.6 Å². The number of nitrogens with zero attached hydrogens (tertiary/aromatic N) is 2. The van der Waals surface area contributed by atoms with E-state index in [4.69, 9.17) is 10.2 Å². The lowest BCUT2D eigenvalue weighted by molar-refractivity contribution is 0.190. The summed E-state index contributed by atoms with van der Waals surface area (Å²) < 4.78 is 0. The average molecular weight is 154 g/mol. The van der Waals surface area contributed by atoms with E-state index in [2.05, 4.69) is 9.97 Å². The van der Waals surface area contributed by atoms with Crippen molar-refractivity contribution in [1.29, 1.82) is 0 Å². The summed E-state index contributed by atoms with van der Waals surface area (Å²) in [5.41, 5.74) is 0.623. The van der Waals surface area contributed by atoms with Crippen LogP contribution in [0.2, 0.25) is 0 Å². The van der Waals surface area contributed by atoms with Crippen molar-refractivity contribution in [2.75, 3.05) is 13.2 Å². The molecule has 1 aromatic rings. The van der Waals surface area contributed by atoms with Gasteiger partial charge in [-0.05, 0) is 0 Å². The third-order valence-corrected chi connectivity index (χ3v) is 1.44. The highest BCUT2D eigenvalue weighted by atomic mass is 16.3. The highest BCUT2D eigenvalue weighted by molar-refractivity contribution is 5.02. The summed E-state index contributed by atoms with van der Waals surface area (Å²) >= 11 is 0. The zero-order valence-electron chi connectivity index (χ0n) is 6.01. The van der Waals surface area contributed by atoms with Crippen molar-refractivity contribution in [2.45, 2.75) is 5.92 Å². The summed E-state index contributed by atoms with van der Waals surface area (Å²) in [6.45, 7) is -0.204. The molecular formula is C7H10N2O2. The molecule has 1 rings (SSSR count). The summed E-state index contributed by atoms with van der Waals surface area (Å²) in [7, 11) is 0. The molecule has 0 saturated heterocycles. The molecule has 0 saturated carbocycles. The Labute approximate surface area is 64.6 Å². The SMILES string of the molecule is OCC(CO)c1cnccn1. The Hall–Kier alpha value is -1.00.